The topological polar surface area (TPSA) is 61.1 Å². The Hall–Kier alpha value is -2.08. The van der Waals surface area contributed by atoms with E-state index in [1.807, 2.05) is 11.1 Å². The molecule has 6 heteroatoms. The minimum absolute atomic E-state index is 0.0227. The Morgan fingerprint density at radius 3 is 2.87 bits per heavy atom. The van der Waals surface area contributed by atoms with Gasteiger partial charge in [-0.3, -0.25) is 4.79 Å². The van der Waals surface area contributed by atoms with Gasteiger partial charge in [0, 0.05) is 50.6 Å². The van der Waals surface area contributed by atoms with Gasteiger partial charge in [0.1, 0.15) is 0 Å². The zero-order valence-electron chi connectivity index (χ0n) is 13.2. The molecule has 1 atom stereocenters. The zero-order valence-corrected chi connectivity index (χ0v) is 13.2. The Morgan fingerprint density at radius 1 is 1.30 bits per heavy atom. The van der Waals surface area contributed by atoms with Crippen molar-refractivity contribution in [1.29, 1.82) is 0 Å². The molecule has 2 saturated heterocycles. The Labute approximate surface area is 135 Å². The number of aromatic nitrogens is 2. The molecule has 0 bridgehead atoms. The third kappa shape index (κ3) is 2.57. The molecule has 2 fully saturated rings. The van der Waals surface area contributed by atoms with Crippen molar-refractivity contribution in [3.63, 3.8) is 0 Å². The number of hydrogen-bond acceptors (Lipinski definition) is 4. The van der Waals surface area contributed by atoms with Crippen LogP contribution in [0.3, 0.4) is 0 Å². The molecule has 0 radical (unpaired) electrons. The van der Waals surface area contributed by atoms with Gasteiger partial charge in [-0.2, -0.15) is 5.10 Å². The number of nitrogens with zero attached hydrogens (tertiary/aromatic N) is 4. The lowest BCUT2D eigenvalue weighted by molar-refractivity contribution is 0.0784. The standard InChI is InChI=1S/C17H22N4O2/c22-12-13-3-7-20(11-13)17(23)15-10-18-21-8-4-14(9-16(15)21)19-5-1-2-6-19/h4,8-10,13,22H,1-3,5-7,11-12H2. The van der Waals surface area contributed by atoms with Crippen molar-refractivity contribution in [2.24, 2.45) is 5.92 Å². The number of anilines is 1. The summed E-state index contributed by atoms with van der Waals surface area (Å²) in [7, 11) is 0. The summed E-state index contributed by atoms with van der Waals surface area (Å²) in [6.07, 6.45) is 6.93. The molecule has 1 N–H and O–H groups in total. The average Bonchev–Trinajstić information content (AvgIpc) is 3.32. The van der Waals surface area contributed by atoms with Crippen LogP contribution in [0, 0.1) is 5.92 Å². The number of aliphatic hydroxyl groups is 1. The highest BCUT2D eigenvalue weighted by Gasteiger charge is 2.28. The molecule has 1 unspecified atom stereocenters. The van der Waals surface area contributed by atoms with Crippen LogP contribution in [-0.4, -0.2) is 58.3 Å². The van der Waals surface area contributed by atoms with Crippen molar-refractivity contribution in [3.8, 4) is 0 Å². The lowest BCUT2D eigenvalue weighted by Crippen LogP contribution is -2.29. The van der Waals surface area contributed by atoms with Gasteiger partial charge >= 0.3 is 0 Å². The molecule has 6 nitrogen and oxygen atoms in total. The third-order valence-corrected chi connectivity index (χ3v) is 5.04. The normalized spacial score (nSPS) is 21.5. The van der Waals surface area contributed by atoms with Gasteiger partial charge < -0.3 is 14.9 Å². The summed E-state index contributed by atoms with van der Waals surface area (Å²) in [4.78, 5) is 17.0. The van der Waals surface area contributed by atoms with E-state index in [-0.39, 0.29) is 18.4 Å². The van der Waals surface area contributed by atoms with Crippen LogP contribution in [0.25, 0.3) is 5.52 Å². The Balaban J connectivity index is 1.64. The molecule has 0 spiro atoms. The van der Waals surface area contributed by atoms with Gasteiger partial charge in [0.25, 0.3) is 5.91 Å². The highest BCUT2D eigenvalue weighted by molar-refractivity contribution is 6.01. The monoisotopic (exact) mass is 314 g/mol. The summed E-state index contributed by atoms with van der Waals surface area (Å²) in [6.45, 7) is 3.67. The Morgan fingerprint density at radius 2 is 2.13 bits per heavy atom. The quantitative estimate of drug-likeness (QED) is 0.930. The van der Waals surface area contributed by atoms with Crippen LogP contribution in [0.2, 0.25) is 0 Å². The number of carbonyl (C=O) groups excluding carboxylic acids is 1. The van der Waals surface area contributed by atoms with Crippen LogP contribution in [-0.2, 0) is 0 Å². The van der Waals surface area contributed by atoms with Crippen LogP contribution in [0.15, 0.2) is 24.5 Å². The van der Waals surface area contributed by atoms with Gasteiger partial charge in [-0.1, -0.05) is 0 Å². The van der Waals surface area contributed by atoms with E-state index >= 15 is 0 Å². The van der Waals surface area contributed by atoms with Crippen molar-refractivity contribution in [1.82, 2.24) is 14.5 Å². The molecular formula is C17H22N4O2. The summed E-state index contributed by atoms with van der Waals surface area (Å²) in [5.41, 5.74) is 2.69. The van der Waals surface area contributed by atoms with E-state index in [0.29, 0.717) is 18.7 Å². The molecule has 2 aromatic rings. The van der Waals surface area contributed by atoms with Crippen molar-refractivity contribution < 1.29 is 9.90 Å². The number of hydrogen-bond donors (Lipinski definition) is 1. The average molecular weight is 314 g/mol. The second-order valence-corrected chi connectivity index (χ2v) is 6.56. The summed E-state index contributed by atoms with van der Waals surface area (Å²) >= 11 is 0. The van der Waals surface area contributed by atoms with Crippen LogP contribution in [0.1, 0.15) is 29.6 Å². The maximum absolute atomic E-state index is 12.8. The van der Waals surface area contributed by atoms with Gasteiger partial charge in [-0.25, -0.2) is 4.52 Å². The van der Waals surface area contributed by atoms with Crippen LogP contribution < -0.4 is 4.90 Å². The number of likely N-dealkylation sites (tertiary alicyclic amines) is 1. The van der Waals surface area contributed by atoms with E-state index in [2.05, 4.69) is 22.1 Å². The summed E-state index contributed by atoms with van der Waals surface area (Å²) in [5.74, 6) is 0.232. The number of rotatable bonds is 3. The Bertz CT molecular complexity index is 720. The molecule has 2 aliphatic heterocycles. The highest BCUT2D eigenvalue weighted by Crippen LogP contribution is 2.25. The molecule has 2 aliphatic rings. The van der Waals surface area contributed by atoms with Crippen molar-refractivity contribution in [3.05, 3.63) is 30.1 Å². The summed E-state index contributed by atoms with van der Waals surface area (Å²) in [6, 6.07) is 4.14. The molecule has 0 saturated carbocycles. The van der Waals surface area contributed by atoms with Gasteiger partial charge in [0.05, 0.1) is 17.3 Å². The van der Waals surface area contributed by atoms with E-state index in [4.69, 9.17) is 0 Å². The first-order chi connectivity index (χ1) is 11.3. The predicted molar refractivity (Wildman–Crippen MR) is 87.7 cm³/mol. The van der Waals surface area contributed by atoms with Gasteiger partial charge in [-0.05, 0) is 31.4 Å². The molecule has 4 rings (SSSR count). The molecule has 23 heavy (non-hydrogen) atoms. The smallest absolute Gasteiger partial charge is 0.257 e. The fourth-order valence-corrected chi connectivity index (χ4v) is 3.64. The Kier molecular flexibility index (Phi) is 3.69. The van der Waals surface area contributed by atoms with Gasteiger partial charge in [-0.15, -0.1) is 0 Å². The fraction of sp³-hybridized carbons (Fsp3) is 0.529. The van der Waals surface area contributed by atoms with E-state index in [9.17, 15) is 9.90 Å². The summed E-state index contributed by atoms with van der Waals surface area (Å²) < 4.78 is 1.77. The number of carbonyl (C=O) groups is 1. The number of fused-ring (bicyclic) bond motifs is 1. The van der Waals surface area contributed by atoms with Crippen molar-refractivity contribution >= 4 is 17.1 Å². The first kappa shape index (κ1) is 14.5. The van der Waals surface area contributed by atoms with E-state index in [1.54, 1.807) is 10.7 Å². The van der Waals surface area contributed by atoms with E-state index < -0.39 is 0 Å². The number of aliphatic hydroxyl groups excluding tert-OH is 1. The van der Waals surface area contributed by atoms with Crippen LogP contribution in [0.4, 0.5) is 5.69 Å². The van der Waals surface area contributed by atoms with E-state index in [0.717, 1.165) is 25.0 Å². The van der Waals surface area contributed by atoms with Gasteiger partial charge in [0.15, 0.2) is 0 Å². The lowest BCUT2D eigenvalue weighted by Gasteiger charge is -2.18. The zero-order chi connectivity index (χ0) is 15.8. The molecule has 0 aliphatic carbocycles. The highest BCUT2D eigenvalue weighted by atomic mass is 16.3. The third-order valence-electron chi connectivity index (χ3n) is 5.04. The van der Waals surface area contributed by atoms with E-state index in [1.165, 1.54) is 18.5 Å². The predicted octanol–water partition coefficient (Wildman–Crippen LogP) is 1.39. The number of amides is 1. The second kappa shape index (κ2) is 5.85. The lowest BCUT2D eigenvalue weighted by atomic mass is 10.1. The minimum Gasteiger partial charge on any atom is -0.396 e. The first-order valence-electron chi connectivity index (χ1n) is 8.39. The molecule has 1 amide bonds. The van der Waals surface area contributed by atoms with Crippen LogP contribution in [0.5, 0.6) is 0 Å². The van der Waals surface area contributed by atoms with Crippen molar-refractivity contribution in [2.75, 3.05) is 37.7 Å². The number of pyridine rings is 1. The molecule has 4 heterocycles. The second-order valence-electron chi connectivity index (χ2n) is 6.56. The van der Waals surface area contributed by atoms with Crippen LogP contribution >= 0.6 is 0 Å². The first-order valence-corrected chi connectivity index (χ1v) is 8.39. The molecule has 2 aromatic heterocycles. The van der Waals surface area contributed by atoms with Gasteiger partial charge in [0.2, 0.25) is 0 Å². The SMILES string of the molecule is O=C(c1cnn2ccc(N3CCCC3)cc12)N1CCC(CO)C1. The molecule has 122 valence electrons. The minimum atomic E-state index is 0.0227. The maximum Gasteiger partial charge on any atom is 0.257 e. The fourth-order valence-electron chi connectivity index (χ4n) is 3.64. The van der Waals surface area contributed by atoms with Crippen molar-refractivity contribution in [2.45, 2.75) is 19.3 Å². The maximum atomic E-state index is 12.8. The molecule has 0 aromatic carbocycles. The largest absolute Gasteiger partial charge is 0.396 e. The summed E-state index contributed by atoms with van der Waals surface area (Å²) in [5, 5.41) is 13.6. The molecular weight excluding hydrogens is 292 g/mol.